The first-order valence-corrected chi connectivity index (χ1v) is 6.21. The summed E-state index contributed by atoms with van der Waals surface area (Å²) in [6.45, 7) is 7.48. The van der Waals surface area contributed by atoms with Gasteiger partial charge in [0, 0.05) is 5.39 Å². The Hall–Kier alpha value is -2.10. The number of aryl methyl sites for hydroxylation is 1. The Kier molecular flexibility index (Phi) is 3.42. The van der Waals surface area contributed by atoms with E-state index < -0.39 is 11.7 Å². The Morgan fingerprint density at radius 2 is 1.89 bits per heavy atom. The van der Waals surface area contributed by atoms with E-state index in [1.807, 2.05) is 52.0 Å². The molecule has 1 heterocycles. The minimum atomic E-state index is -0.516. The molecule has 0 spiro atoms. The van der Waals surface area contributed by atoms with Gasteiger partial charge in [0.1, 0.15) is 11.4 Å². The maximum Gasteiger partial charge on any atom is 0.413 e. The van der Waals surface area contributed by atoms with Gasteiger partial charge in [-0.25, -0.2) is 9.78 Å². The van der Waals surface area contributed by atoms with Crippen molar-refractivity contribution in [2.75, 3.05) is 5.32 Å². The first kappa shape index (κ1) is 13.3. The molecule has 100 valence electrons. The van der Waals surface area contributed by atoms with Gasteiger partial charge in [0.05, 0.1) is 5.52 Å². The van der Waals surface area contributed by atoms with Crippen LogP contribution in [0.2, 0.25) is 0 Å². The van der Waals surface area contributed by atoms with Crippen molar-refractivity contribution >= 4 is 22.8 Å². The maximum atomic E-state index is 11.7. The van der Waals surface area contributed by atoms with Gasteiger partial charge in [-0.2, -0.15) is 0 Å². The normalized spacial score (nSPS) is 11.4. The second-order valence-electron chi connectivity index (χ2n) is 5.52. The lowest BCUT2D eigenvalue weighted by molar-refractivity contribution is 0.0635. The van der Waals surface area contributed by atoms with Crippen LogP contribution in [0.15, 0.2) is 30.3 Å². The SMILES string of the molecule is Cc1ccc2ccc(NC(=O)OC(C)(C)C)nc2c1. The van der Waals surface area contributed by atoms with E-state index in [4.69, 9.17) is 4.74 Å². The molecule has 4 nitrogen and oxygen atoms in total. The fourth-order valence-corrected chi connectivity index (χ4v) is 1.71. The van der Waals surface area contributed by atoms with E-state index in [1.165, 1.54) is 0 Å². The number of nitrogens with one attached hydrogen (secondary N) is 1. The van der Waals surface area contributed by atoms with Crippen LogP contribution in [0.25, 0.3) is 10.9 Å². The maximum absolute atomic E-state index is 11.7. The highest BCUT2D eigenvalue weighted by atomic mass is 16.6. The van der Waals surface area contributed by atoms with Crippen LogP contribution in [0.4, 0.5) is 10.6 Å². The molecule has 0 aliphatic carbocycles. The standard InChI is InChI=1S/C15H18N2O2/c1-10-5-6-11-7-8-13(16-12(11)9-10)17-14(18)19-15(2,3)4/h5-9H,1-4H3,(H,16,17,18). The summed E-state index contributed by atoms with van der Waals surface area (Å²) in [5.41, 5.74) is 1.47. The molecule has 19 heavy (non-hydrogen) atoms. The van der Waals surface area contributed by atoms with E-state index in [9.17, 15) is 4.79 Å². The number of carbonyl (C=O) groups excluding carboxylic acids is 1. The van der Waals surface area contributed by atoms with Gasteiger partial charge in [-0.1, -0.05) is 12.1 Å². The van der Waals surface area contributed by atoms with Gasteiger partial charge in [-0.15, -0.1) is 0 Å². The van der Waals surface area contributed by atoms with Crippen LogP contribution in [0, 0.1) is 6.92 Å². The van der Waals surface area contributed by atoms with Crippen LogP contribution in [-0.4, -0.2) is 16.7 Å². The minimum Gasteiger partial charge on any atom is -0.444 e. The molecule has 0 atom stereocenters. The van der Waals surface area contributed by atoms with Crippen LogP contribution < -0.4 is 5.32 Å². The molecule has 2 aromatic rings. The van der Waals surface area contributed by atoms with Gasteiger partial charge in [0.25, 0.3) is 0 Å². The highest BCUT2D eigenvalue weighted by molar-refractivity contribution is 5.87. The van der Waals surface area contributed by atoms with Crippen molar-refractivity contribution in [2.24, 2.45) is 0 Å². The molecule has 0 aliphatic heterocycles. The number of benzene rings is 1. The van der Waals surface area contributed by atoms with Crippen molar-refractivity contribution in [3.8, 4) is 0 Å². The smallest absolute Gasteiger partial charge is 0.413 e. The molecule has 0 fully saturated rings. The van der Waals surface area contributed by atoms with Crippen LogP contribution >= 0.6 is 0 Å². The van der Waals surface area contributed by atoms with Crippen molar-refractivity contribution < 1.29 is 9.53 Å². The molecule has 0 bridgehead atoms. The molecule has 1 aromatic carbocycles. The zero-order chi connectivity index (χ0) is 14.0. The molecule has 4 heteroatoms. The summed E-state index contributed by atoms with van der Waals surface area (Å²) in [6, 6.07) is 9.71. The molecule has 1 N–H and O–H groups in total. The van der Waals surface area contributed by atoms with Gasteiger partial charge >= 0.3 is 6.09 Å². The summed E-state index contributed by atoms with van der Waals surface area (Å²) in [6.07, 6.45) is -0.494. The lowest BCUT2D eigenvalue weighted by atomic mass is 10.1. The number of hydrogen-bond donors (Lipinski definition) is 1. The Morgan fingerprint density at radius 3 is 2.58 bits per heavy atom. The first-order valence-electron chi connectivity index (χ1n) is 6.21. The number of amides is 1. The van der Waals surface area contributed by atoms with Gasteiger partial charge in [0.2, 0.25) is 0 Å². The van der Waals surface area contributed by atoms with Crippen molar-refractivity contribution in [3.05, 3.63) is 35.9 Å². The van der Waals surface area contributed by atoms with E-state index >= 15 is 0 Å². The third-order valence-corrected chi connectivity index (χ3v) is 2.48. The lowest BCUT2D eigenvalue weighted by Crippen LogP contribution is -2.27. The van der Waals surface area contributed by atoms with E-state index in [0.717, 1.165) is 16.5 Å². The number of ether oxygens (including phenoxy) is 1. The molecular formula is C15H18N2O2. The van der Waals surface area contributed by atoms with Gasteiger partial charge in [-0.3, -0.25) is 5.32 Å². The summed E-state index contributed by atoms with van der Waals surface area (Å²) in [4.78, 5) is 16.1. The molecule has 0 aliphatic rings. The molecule has 1 aromatic heterocycles. The van der Waals surface area contributed by atoms with Crippen LogP contribution in [0.1, 0.15) is 26.3 Å². The summed E-state index contributed by atoms with van der Waals surface area (Å²) >= 11 is 0. The Labute approximate surface area is 112 Å². The lowest BCUT2D eigenvalue weighted by Gasteiger charge is -2.19. The number of aromatic nitrogens is 1. The van der Waals surface area contributed by atoms with Crippen molar-refractivity contribution in [1.82, 2.24) is 4.98 Å². The molecular weight excluding hydrogens is 240 g/mol. The number of pyridine rings is 1. The summed E-state index contributed by atoms with van der Waals surface area (Å²) < 4.78 is 5.19. The van der Waals surface area contributed by atoms with Gasteiger partial charge in [-0.05, 0) is 51.5 Å². The average Bonchev–Trinajstić information content (AvgIpc) is 2.25. The summed E-state index contributed by atoms with van der Waals surface area (Å²) in [7, 11) is 0. The number of fused-ring (bicyclic) bond motifs is 1. The third kappa shape index (κ3) is 3.68. The number of hydrogen-bond acceptors (Lipinski definition) is 3. The Balaban J connectivity index is 2.19. The molecule has 0 radical (unpaired) electrons. The predicted octanol–water partition coefficient (Wildman–Crippen LogP) is 3.89. The first-order chi connectivity index (χ1) is 8.83. The molecule has 0 unspecified atom stereocenters. The highest BCUT2D eigenvalue weighted by Crippen LogP contribution is 2.17. The van der Waals surface area contributed by atoms with Gasteiger partial charge < -0.3 is 4.74 Å². The second-order valence-corrected chi connectivity index (χ2v) is 5.52. The molecule has 0 saturated heterocycles. The van der Waals surface area contributed by atoms with Crippen LogP contribution in [0.3, 0.4) is 0 Å². The Morgan fingerprint density at radius 1 is 1.21 bits per heavy atom. The largest absolute Gasteiger partial charge is 0.444 e. The quantitative estimate of drug-likeness (QED) is 0.844. The fraction of sp³-hybridized carbons (Fsp3) is 0.333. The predicted molar refractivity (Wildman–Crippen MR) is 76.3 cm³/mol. The number of carbonyl (C=O) groups is 1. The van der Waals surface area contributed by atoms with Crippen molar-refractivity contribution in [1.29, 1.82) is 0 Å². The van der Waals surface area contributed by atoms with E-state index in [2.05, 4.69) is 10.3 Å². The number of nitrogens with zero attached hydrogens (tertiary/aromatic N) is 1. The van der Waals surface area contributed by atoms with E-state index in [-0.39, 0.29) is 0 Å². The number of anilines is 1. The van der Waals surface area contributed by atoms with E-state index in [1.54, 1.807) is 6.07 Å². The zero-order valence-corrected chi connectivity index (χ0v) is 11.7. The van der Waals surface area contributed by atoms with Crippen LogP contribution in [-0.2, 0) is 4.74 Å². The fourth-order valence-electron chi connectivity index (χ4n) is 1.71. The molecule has 0 saturated carbocycles. The van der Waals surface area contributed by atoms with Crippen LogP contribution in [0.5, 0.6) is 0 Å². The van der Waals surface area contributed by atoms with Crippen molar-refractivity contribution in [2.45, 2.75) is 33.3 Å². The zero-order valence-electron chi connectivity index (χ0n) is 11.7. The van der Waals surface area contributed by atoms with Crippen molar-refractivity contribution in [3.63, 3.8) is 0 Å². The highest BCUT2D eigenvalue weighted by Gasteiger charge is 2.16. The topological polar surface area (TPSA) is 51.2 Å². The molecule has 2 rings (SSSR count). The number of rotatable bonds is 1. The summed E-state index contributed by atoms with van der Waals surface area (Å²) in [5.74, 6) is 0.493. The summed E-state index contributed by atoms with van der Waals surface area (Å²) in [5, 5.41) is 3.68. The van der Waals surface area contributed by atoms with E-state index in [0.29, 0.717) is 5.82 Å². The minimum absolute atomic E-state index is 0.493. The third-order valence-electron chi connectivity index (χ3n) is 2.48. The molecule has 1 amide bonds. The monoisotopic (exact) mass is 258 g/mol. The average molecular weight is 258 g/mol. The second kappa shape index (κ2) is 4.88. The Bertz CT molecular complexity index is 615. The van der Waals surface area contributed by atoms with Gasteiger partial charge in [0.15, 0.2) is 0 Å².